The number of aromatic amines is 1. The zero-order valence-corrected chi connectivity index (χ0v) is 14.2. The molecule has 1 aromatic carbocycles. The van der Waals surface area contributed by atoms with Gasteiger partial charge in [-0.3, -0.25) is 0 Å². The van der Waals surface area contributed by atoms with E-state index in [1.807, 2.05) is 12.3 Å². The number of benzene rings is 1. The molecule has 2 aromatic heterocycles. The second-order valence-electron chi connectivity index (χ2n) is 6.46. The van der Waals surface area contributed by atoms with Gasteiger partial charge in [0.15, 0.2) is 5.76 Å². The van der Waals surface area contributed by atoms with Crippen LogP contribution in [0.3, 0.4) is 0 Å². The second kappa shape index (κ2) is 5.28. The van der Waals surface area contributed by atoms with E-state index < -0.39 is 0 Å². The number of aryl methyl sites for hydroxylation is 1. The Morgan fingerprint density at radius 1 is 1.20 bits per heavy atom. The Morgan fingerprint density at radius 3 is 3.00 bits per heavy atom. The Morgan fingerprint density at radius 2 is 2.12 bits per heavy atom. The lowest BCUT2D eigenvalue weighted by molar-refractivity contribution is 0.0729. The first-order valence-electron chi connectivity index (χ1n) is 8.39. The number of H-pyrrole nitrogens is 1. The van der Waals surface area contributed by atoms with Crippen molar-refractivity contribution in [3.8, 4) is 5.75 Å². The van der Waals surface area contributed by atoms with Crippen LogP contribution in [0.4, 0.5) is 0 Å². The maximum atomic E-state index is 5.59. The van der Waals surface area contributed by atoms with E-state index in [2.05, 4.69) is 35.1 Å². The van der Waals surface area contributed by atoms with Gasteiger partial charge in [-0.2, -0.15) is 0 Å². The number of nitrogens with one attached hydrogen (secondary N) is 1. The Kier molecular flexibility index (Phi) is 3.04. The van der Waals surface area contributed by atoms with E-state index in [1.54, 1.807) is 7.11 Å². The maximum Gasteiger partial charge on any atom is 0.230 e. The van der Waals surface area contributed by atoms with Crippen LogP contribution in [0.1, 0.15) is 24.0 Å². The standard InChI is InChI=1S/C20H18N2O3/c1-11-7-14-18-13(12-3-5-15-17(8-12)25-10-24-15)4-6-16(23-2)19(18)22-20(14)21-9-11/h4,6-9H,3,5,10H2,1-2H3,(H,21,22). The molecule has 0 bridgehead atoms. The zero-order chi connectivity index (χ0) is 17.0. The monoisotopic (exact) mass is 334 g/mol. The van der Waals surface area contributed by atoms with Gasteiger partial charge in [0.05, 0.1) is 12.6 Å². The number of hydrogen-bond donors (Lipinski definition) is 1. The third kappa shape index (κ3) is 2.12. The molecule has 0 saturated heterocycles. The summed E-state index contributed by atoms with van der Waals surface area (Å²) >= 11 is 0. The normalized spacial score (nSPS) is 16.6. The van der Waals surface area contributed by atoms with Crippen LogP contribution in [-0.2, 0) is 9.47 Å². The summed E-state index contributed by atoms with van der Waals surface area (Å²) in [7, 11) is 1.69. The minimum absolute atomic E-state index is 0.322. The van der Waals surface area contributed by atoms with Crippen molar-refractivity contribution in [2.75, 3.05) is 13.9 Å². The number of hydrogen-bond acceptors (Lipinski definition) is 4. The number of nitrogens with zero attached hydrogens (tertiary/aromatic N) is 1. The van der Waals surface area contributed by atoms with Crippen molar-refractivity contribution in [3.05, 3.63) is 53.1 Å². The molecule has 1 N–H and O–H groups in total. The van der Waals surface area contributed by atoms with Crippen LogP contribution in [0.2, 0.25) is 0 Å². The fraction of sp³-hybridized carbons (Fsp3) is 0.250. The molecule has 0 radical (unpaired) electrons. The van der Waals surface area contributed by atoms with E-state index in [0.29, 0.717) is 6.79 Å². The van der Waals surface area contributed by atoms with Crippen molar-refractivity contribution in [1.29, 1.82) is 0 Å². The number of fused-ring (bicyclic) bond motifs is 3. The predicted molar refractivity (Wildman–Crippen MR) is 96.2 cm³/mol. The van der Waals surface area contributed by atoms with Gasteiger partial charge in [0.25, 0.3) is 0 Å². The van der Waals surface area contributed by atoms with Gasteiger partial charge in [-0.15, -0.1) is 0 Å². The topological polar surface area (TPSA) is 56.4 Å². The van der Waals surface area contributed by atoms with Crippen molar-refractivity contribution >= 4 is 27.5 Å². The first kappa shape index (κ1) is 14.4. The summed E-state index contributed by atoms with van der Waals surface area (Å²) in [6.45, 7) is 2.38. The second-order valence-corrected chi connectivity index (χ2v) is 6.46. The number of pyridine rings is 1. The van der Waals surface area contributed by atoms with Crippen LogP contribution in [0.15, 0.2) is 42.0 Å². The predicted octanol–water partition coefficient (Wildman–Crippen LogP) is 4.43. The van der Waals surface area contributed by atoms with Crippen molar-refractivity contribution in [1.82, 2.24) is 9.97 Å². The van der Waals surface area contributed by atoms with Crippen LogP contribution in [0, 0.1) is 6.92 Å². The summed E-state index contributed by atoms with van der Waals surface area (Å²) in [6, 6.07) is 6.31. The fourth-order valence-electron chi connectivity index (χ4n) is 3.73. The van der Waals surface area contributed by atoms with Crippen LogP contribution < -0.4 is 4.74 Å². The molecular formula is C20H18N2O3. The van der Waals surface area contributed by atoms with E-state index in [0.717, 1.165) is 57.6 Å². The molecule has 0 saturated carbocycles. The molecule has 0 atom stereocenters. The number of rotatable bonds is 2. The lowest BCUT2D eigenvalue weighted by Crippen LogP contribution is -1.97. The molecule has 5 rings (SSSR count). The van der Waals surface area contributed by atoms with E-state index in [-0.39, 0.29) is 0 Å². The smallest absolute Gasteiger partial charge is 0.230 e. The van der Waals surface area contributed by atoms with E-state index in [9.17, 15) is 0 Å². The average molecular weight is 334 g/mol. The van der Waals surface area contributed by atoms with Gasteiger partial charge in [0.2, 0.25) is 6.79 Å². The Bertz CT molecular complexity index is 1080. The van der Waals surface area contributed by atoms with Gasteiger partial charge in [-0.05, 0) is 48.3 Å². The minimum Gasteiger partial charge on any atom is -0.495 e. The SMILES string of the molecule is COc1ccc(C2=CC3=C(CC2)OCO3)c2c1[nH]c1ncc(C)cc12. The van der Waals surface area contributed by atoms with Crippen LogP contribution in [0.25, 0.3) is 27.5 Å². The van der Waals surface area contributed by atoms with Crippen molar-refractivity contribution < 1.29 is 14.2 Å². The van der Waals surface area contributed by atoms with Gasteiger partial charge in [-0.25, -0.2) is 4.98 Å². The fourth-order valence-corrected chi connectivity index (χ4v) is 3.73. The summed E-state index contributed by atoms with van der Waals surface area (Å²) in [4.78, 5) is 7.97. The summed E-state index contributed by atoms with van der Waals surface area (Å²) in [5, 5.41) is 2.27. The van der Waals surface area contributed by atoms with Gasteiger partial charge < -0.3 is 19.2 Å². The third-order valence-electron chi connectivity index (χ3n) is 4.92. The number of allylic oxidation sites excluding steroid dienone is 3. The van der Waals surface area contributed by atoms with E-state index >= 15 is 0 Å². The molecule has 1 aliphatic heterocycles. The number of methoxy groups -OCH3 is 1. The van der Waals surface area contributed by atoms with Crippen molar-refractivity contribution in [2.45, 2.75) is 19.8 Å². The highest BCUT2D eigenvalue weighted by Crippen LogP contribution is 2.41. The largest absolute Gasteiger partial charge is 0.495 e. The Hall–Kier alpha value is -2.95. The van der Waals surface area contributed by atoms with Crippen LogP contribution >= 0.6 is 0 Å². The third-order valence-corrected chi connectivity index (χ3v) is 4.92. The molecule has 3 heterocycles. The molecule has 0 unspecified atom stereocenters. The molecule has 0 spiro atoms. The highest BCUT2D eigenvalue weighted by atomic mass is 16.7. The molecule has 2 aliphatic rings. The van der Waals surface area contributed by atoms with Crippen molar-refractivity contribution in [2.24, 2.45) is 0 Å². The van der Waals surface area contributed by atoms with Gasteiger partial charge in [0, 0.05) is 23.4 Å². The molecule has 3 aromatic rings. The summed E-state index contributed by atoms with van der Waals surface area (Å²) in [5.41, 5.74) is 5.44. The van der Waals surface area contributed by atoms with E-state index in [4.69, 9.17) is 14.2 Å². The molecule has 25 heavy (non-hydrogen) atoms. The van der Waals surface area contributed by atoms with Crippen LogP contribution in [0.5, 0.6) is 5.75 Å². The lowest BCUT2D eigenvalue weighted by Gasteiger charge is -2.15. The molecule has 0 amide bonds. The molecule has 1 aliphatic carbocycles. The molecule has 5 heteroatoms. The molecule has 126 valence electrons. The quantitative estimate of drug-likeness (QED) is 0.753. The zero-order valence-electron chi connectivity index (χ0n) is 14.2. The van der Waals surface area contributed by atoms with Crippen molar-refractivity contribution in [3.63, 3.8) is 0 Å². The Balaban J connectivity index is 1.81. The summed E-state index contributed by atoms with van der Waals surface area (Å²) in [6.07, 6.45) is 5.78. The summed E-state index contributed by atoms with van der Waals surface area (Å²) < 4.78 is 16.7. The van der Waals surface area contributed by atoms with E-state index in [1.165, 1.54) is 11.1 Å². The summed E-state index contributed by atoms with van der Waals surface area (Å²) in [5.74, 6) is 2.65. The van der Waals surface area contributed by atoms with Gasteiger partial charge >= 0.3 is 0 Å². The average Bonchev–Trinajstić information content (AvgIpc) is 3.24. The van der Waals surface area contributed by atoms with Gasteiger partial charge in [0.1, 0.15) is 17.2 Å². The lowest BCUT2D eigenvalue weighted by atomic mass is 9.92. The van der Waals surface area contributed by atoms with Gasteiger partial charge in [-0.1, -0.05) is 6.07 Å². The molecule has 5 nitrogen and oxygen atoms in total. The number of aromatic nitrogens is 2. The maximum absolute atomic E-state index is 5.59. The molecular weight excluding hydrogens is 316 g/mol. The Labute approximate surface area is 144 Å². The first-order chi connectivity index (χ1) is 12.2. The molecule has 0 fully saturated rings. The minimum atomic E-state index is 0.322. The highest BCUT2D eigenvalue weighted by Gasteiger charge is 2.24. The first-order valence-corrected chi connectivity index (χ1v) is 8.39. The van der Waals surface area contributed by atoms with Crippen LogP contribution in [-0.4, -0.2) is 23.9 Å². The highest BCUT2D eigenvalue weighted by molar-refractivity contribution is 6.13. The number of ether oxygens (including phenoxy) is 3.